The second kappa shape index (κ2) is 15.6. The highest BCUT2D eigenvalue weighted by molar-refractivity contribution is 7.22. The molecule has 0 saturated carbocycles. The van der Waals surface area contributed by atoms with Crippen LogP contribution in [0.5, 0.6) is 11.5 Å². The lowest BCUT2D eigenvalue weighted by Gasteiger charge is -2.32. The number of methoxy groups -OCH3 is 1. The summed E-state index contributed by atoms with van der Waals surface area (Å²) in [5.74, 6) is -1.33. The molecule has 2 aromatic carbocycles. The fourth-order valence-corrected chi connectivity index (χ4v) is 6.38. The lowest BCUT2D eigenvalue weighted by atomic mass is 10.1. The molecule has 1 aliphatic heterocycles. The van der Waals surface area contributed by atoms with Crippen molar-refractivity contribution in [1.82, 2.24) is 14.9 Å². The van der Waals surface area contributed by atoms with Crippen molar-refractivity contribution in [1.29, 1.82) is 0 Å². The van der Waals surface area contributed by atoms with Crippen LogP contribution in [0.4, 0.5) is 20.2 Å². The molecule has 0 radical (unpaired) electrons. The number of aliphatic hydroxyl groups is 1. The first-order valence-electron chi connectivity index (χ1n) is 15.8. The molecule has 1 amide bonds. The number of carbonyl (C=O) groups is 1. The van der Waals surface area contributed by atoms with Crippen molar-refractivity contribution in [2.75, 3.05) is 44.1 Å². The molecule has 6 rings (SSSR count). The van der Waals surface area contributed by atoms with Crippen molar-refractivity contribution in [2.45, 2.75) is 19.7 Å². The van der Waals surface area contributed by atoms with Crippen LogP contribution in [0.3, 0.4) is 0 Å². The van der Waals surface area contributed by atoms with Gasteiger partial charge in [-0.05, 0) is 74.1 Å². The number of allylic oxidation sites excluding steroid dienone is 1. The molecule has 0 bridgehead atoms. The van der Waals surface area contributed by atoms with Crippen LogP contribution in [-0.4, -0.2) is 66.0 Å². The predicted molar refractivity (Wildman–Crippen MR) is 189 cm³/mol. The summed E-state index contributed by atoms with van der Waals surface area (Å²) in [7, 11) is 3.71. The van der Waals surface area contributed by atoms with Gasteiger partial charge in [0.05, 0.1) is 34.0 Å². The Balaban J connectivity index is 1.17. The van der Waals surface area contributed by atoms with E-state index in [4.69, 9.17) is 14.2 Å². The molecule has 0 spiro atoms. The number of likely N-dealkylation sites (N-methyl/N-ethyl adjacent to an activating group) is 1. The number of nitrogens with one attached hydrogen (secondary N) is 1. The SMILES string of the molecule is CCOC1=C(C(=O)Nc2ccc(Oc3ccnc4cc(-c5ccc(CN(C)CCOC)cn5)sc34)c(F)c2)C(O)N(c2ccc(F)cc2)C=C1. The molecule has 4 heterocycles. The van der Waals surface area contributed by atoms with Gasteiger partial charge in [-0.15, -0.1) is 11.3 Å². The second-order valence-corrected chi connectivity index (χ2v) is 12.5. The van der Waals surface area contributed by atoms with Crippen molar-refractivity contribution in [3.05, 3.63) is 120 Å². The molecule has 1 aliphatic rings. The minimum atomic E-state index is -1.45. The number of aromatic nitrogens is 2. The predicted octanol–water partition coefficient (Wildman–Crippen LogP) is 7.09. The molecule has 0 saturated heterocycles. The zero-order valence-electron chi connectivity index (χ0n) is 27.6. The third kappa shape index (κ3) is 7.81. The number of fused-ring (bicyclic) bond motifs is 1. The molecule has 1 unspecified atom stereocenters. The first-order chi connectivity index (χ1) is 24.2. The number of hydrogen-bond donors (Lipinski definition) is 2. The summed E-state index contributed by atoms with van der Waals surface area (Å²) in [6.45, 7) is 4.21. The summed E-state index contributed by atoms with van der Waals surface area (Å²) in [6.07, 6.45) is 5.06. The van der Waals surface area contributed by atoms with Gasteiger partial charge < -0.3 is 29.5 Å². The first-order valence-corrected chi connectivity index (χ1v) is 16.6. The van der Waals surface area contributed by atoms with Crippen molar-refractivity contribution in [3.63, 3.8) is 0 Å². The van der Waals surface area contributed by atoms with Crippen molar-refractivity contribution in [2.24, 2.45) is 0 Å². The van der Waals surface area contributed by atoms with E-state index in [0.717, 1.165) is 40.0 Å². The van der Waals surface area contributed by atoms with Crippen LogP contribution in [0.1, 0.15) is 12.5 Å². The second-order valence-electron chi connectivity index (χ2n) is 11.4. The van der Waals surface area contributed by atoms with Gasteiger partial charge in [0.25, 0.3) is 5.91 Å². The molecule has 13 heteroatoms. The lowest BCUT2D eigenvalue weighted by molar-refractivity contribution is -0.114. The number of nitrogens with zero attached hydrogens (tertiary/aromatic N) is 4. The molecule has 5 aromatic rings. The van der Waals surface area contributed by atoms with Gasteiger partial charge in [-0.3, -0.25) is 19.7 Å². The van der Waals surface area contributed by atoms with Crippen LogP contribution in [0, 0.1) is 11.6 Å². The van der Waals surface area contributed by atoms with Crippen LogP contribution >= 0.6 is 11.3 Å². The first kappa shape index (κ1) is 34.6. The van der Waals surface area contributed by atoms with Crippen LogP contribution in [0.2, 0.25) is 0 Å². The van der Waals surface area contributed by atoms with Gasteiger partial charge in [-0.1, -0.05) is 6.07 Å². The maximum absolute atomic E-state index is 15.4. The molecule has 10 nitrogen and oxygen atoms in total. The van der Waals surface area contributed by atoms with E-state index in [9.17, 15) is 14.3 Å². The molecule has 0 fully saturated rings. The normalized spacial score (nSPS) is 14.5. The Kier molecular flexibility index (Phi) is 10.8. The van der Waals surface area contributed by atoms with Crippen LogP contribution < -0.4 is 15.0 Å². The summed E-state index contributed by atoms with van der Waals surface area (Å²) >= 11 is 1.44. The Labute approximate surface area is 291 Å². The molecule has 2 N–H and O–H groups in total. The van der Waals surface area contributed by atoms with Crippen molar-refractivity contribution in [3.8, 4) is 22.1 Å². The average Bonchev–Trinajstić information content (AvgIpc) is 3.55. The molecule has 50 heavy (non-hydrogen) atoms. The number of pyridine rings is 2. The van der Waals surface area contributed by atoms with Gasteiger partial charge in [0.2, 0.25) is 0 Å². The fraction of sp³-hybridized carbons (Fsp3) is 0.216. The van der Waals surface area contributed by atoms with E-state index in [1.807, 2.05) is 31.4 Å². The number of ether oxygens (including phenoxy) is 3. The molecular weight excluding hydrogens is 665 g/mol. The Morgan fingerprint density at radius 1 is 1.06 bits per heavy atom. The van der Waals surface area contributed by atoms with E-state index in [-0.39, 0.29) is 29.4 Å². The van der Waals surface area contributed by atoms with Gasteiger partial charge in [0.15, 0.2) is 17.8 Å². The molecule has 0 aliphatic carbocycles. The maximum Gasteiger partial charge on any atom is 0.259 e. The highest BCUT2D eigenvalue weighted by atomic mass is 32.1. The minimum absolute atomic E-state index is 0.0529. The van der Waals surface area contributed by atoms with E-state index in [2.05, 4.69) is 20.2 Å². The Morgan fingerprint density at radius 2 is 1.88 bits per heavy atom. The number of halogens is 2. The smallest absolute Gasteiger partial charge is 0.259 e. The largest absolute Gasteiger partial charge is 0.493 e. The lowest BCUT2D eigenvalue weighted by Crippen LogP contribution is -2.40. The van der Waals surface area contributed by atoms with Gasteiger partial charge in [-0.25, -0.2) is 8.78 Å². The number of aliphatic hydroxyl groups excluding tert-OH is 1. The number of thiophene rings is 1. The molecular formula is C37H35F2N5O5S. The monoisotopic (exact) mass is 699 g/mol. The van der Waals surface area contributed by atoms with Gasteiger partial charge in [-0.2, -0.15) is 0 Å². The number of carbonyl (C=O) groups excluding carboxylic acids is 1. The number of anilines is 2. The van der Waals surface area contributed by atoms with E-state index < -0.39 is 23.8 Å². The van der Waals surface area contributed by atoms with Gasteiger partial charge in [0.1, 0.15) is 22.9 Å². The van der Waals surface area contributed by atoms with Crippen LogP contribution in [-0.2, 0) is 20.8 Å². The minimum Gasteiger partial charge on any atom is -0.493 e. The van der Waals surface area contributed by atoms with Crippen LogP contribution in [0.15, 0.2) is 103 Å². The zero-order valence-corrected chi connectivity index (χ0v) is 28.4. The Bertz CT molecular complexity index is 2030. The molecule has 258 valence electrons. The van der Waals surface area contributed by atoms with Crippen molar-refractivity contribution < 1.29 is 32.9 Å². The number of hydrogen-bond acceptors (Lipinski definition) is 10. The number of amides is 1. The standard InChI is InChI=1S/C37H35F2N5O5S/c1-4-48-31-14-16-44(26-9-6-24(38)7-10-26)37(46)34(31)36(45)42-25-8-12-30(27(39)19-25)49-32-13-15-40-29-20-33(50-35(29)32)28-11-5-23(21-41-28)22-43(2)17-18-47-3/h5-16,19-21,37,46H,4,17-18,22H2,1-3H3,(H,42,45). The van der Waals surface area contributed by atoms with Gasteiger partial charge in [0, 0.05) is 62.3 Å². The van der Waals surface area contributed by atoms with Gasteiger partial charge >= 0.3 is 0 Å². The summed E-state index contributed by atoms with van der Waals surface area (Å²) in [6, 6.07) is 17.1. The Hall–Kier alpha value is -5.21. The van der Waals surface area contributed by atoms with Crippen LogP contribution in [0.25, 0.3) is 20.8 Å². The summed E-state index contributed by atoms with van der Waals surface area (Å²) < 4.78 is 46.4. The van der Waals surface area contributed by atoms with E-state index in [1.165, 1.54) is 64.9 Å². The molecule has 1 atom stereocenters. The average molecular weight is 700 g/mol. The zero-order chi connectivity index (χ0) is 35.2. The van der Waals surface area contributed by atoms with E-state index >= 15 is 4.39 Å². The topological polar surface area (TPSA) is 109 Å². The highest BCUT2D eigenvalue weighted by Crippen LogP contribution is 2.39. The highest BCUT2D eigenvalue weighted by Gasteiger charge is 2.31. The summed E-state index contributed by atoms with van der Waals surface area (Å²) in [5.41, 5.74) is 3.05. The summed E-state index contributed by atoms with van der Waals surface area (Å²) in [5, 5.41) is 13.8. The fourth-order valence-electron chi connectivity index (χ4n) is 5.34. The molecule has 3 aromatic heterocycles. The summed E-state index contributed by atoms with van der Waals surface area (Å²) in [4.78, 5) is 27.0. The number of benzene rings is 2. The van der Waals surface area contributed by atoms with E-state index in [0.29, 0.717) is 23.6 Å². The van der Waals surface area contributed by atoms with E-state index in [1.54, 1.807) is 26.3 Å². The quantitative estimate of drug-likeness (QED) is 0.133. The number of rotatable bonds is 13. The Morgan fingerprint density at radius 3 is 2.60 bits per heavy atom. The third-order valence-electron chi connectivity index (χ3n) is 7.84. The third-order valence-corrected chi connectivity index (χ3v) is 9.00. The maximum atomic E-state index is 15.4. The van der Waals surface area contributed by atoms with Crippen molar-refractivity contribution >= 4 is 38.8 Å².